The minimum Gasteiger partial charge on any atom is -0.357 e. The van der Waals surface area contributed by atoms with Gasteiger partial charge < -0.3 is 10.6 Å². The lowest BCUT2D eigenvalue weighted by Gasteiger charge is -2.27. The van der Waals surface area contributed by atoms with Gasteiger partial charge in [0.25, 0.3) is 0 Å². The summed E-state index contributed by atoms with van der Waals surface area (Å²) in [6, 6.07) is 8.58. The Bertz CT molecular complexity index is 569. The number of guanidine groups is 1. The van der Waals surface area contributed by atoms with Crippen LogP contribution in [-0.2, 0) is 0 Å². The highest BCUT2D eigenvalue weighted by atomic mass is 127. The number of aliphatic imine (C=N–C) groups is 1. The first-order valence-electron chi connectivity index (χ1n) is 9.28. The van der Waals surface area contributed by atoms with E-state index in [9.17, 15) is 13.2 Å². The summed E-state index contributed by atoms with van der Waals surface area (Å²) in [6.07, 6.45) is -2.68. The van der Waals surface area contributed by atoms with E-state index in [0.29, 0.717) is 19.0 Å². The summed E-state index contributed by atoms with van der Waals surface area (Å²) in [7, 11) is 0. The molecule has 4 nitrogen and oxygen atoms in total. The lowest BCUT2D eigenvalue weighted by molar-refractivity contribution is -0.132. The number of aryl methyl sites for hydroxylation is 1. The summed E-state index contributed by atoms with van der Waals surface area (Å²) in [5.74, 6) is 0.438. The Labute approximate surface area is 177 Å². The molecule has 0 aliphatic carbocycles. The van der Waals surface area contributed by atoms with E-state index >= 15 is 0 Å². The molecular weight excluding hydrogens is 468 g/mol. The van der Waals surface area contributed by atoms with E-state index in [1.807, 2.05) is 6.92 Å². The van der Waals surface area contributed by atoms with Gasteiger partial charge in [-0.15, -0.1) is 24.0 Å². The minimum atomic E-state index is -4.16. The zero-order valence-corrected chi connectivity index (χ0v) is 18.3. The van der Waals surface area contributed by atoms with Gasteiger partial charge in [0.2, 0.25) is 0 Å². The molecule has 1 aromatic rings. The summed E-state index contributed by atoms with van der Waals surface area (Å²) in [5.41, 5.74) is 2.41. The van der Waals surface area contributed by atoms with Crippen molar-refractivity contribution >= 4 is 29.9 Å². The van der Waals surface area contributed by atoms with Crippen molar-refractivity contribution in [3.8, 4) is 0 Å². The van der Waals surface area contributed by atoms with Crippen LogP contribution < -0.4 is 10.6 Å². The lowest BCUT2D eigenvalue weighted by atomic mass is 10.0. The highest BCUT2D eigenvalue weighted by Gasteiger charge is 2.26. The van der Waals surface area contributed by atoms with E-state index in [-0.39, 0.29) is 36.6 Å². The summed E-state index contributed by atoms with van der Waals surface area (Å²) in [6.45, 7) is 6.98. The van der Waals surface area contributed by atoms with Crippen molar-refractivity contribution in [3.63, 3.8) is 0 Å². The highest BCUT2D eigenvalue weighted by molar-refractivity contribution is 14.0. The van der Waals surface area contributed by atoms with Gasteiger partial charge in [0.05, 0.1) is 19.0 Å². The fourth-order valence-electron chi connectivity index (χ4n) is 3.12. The fourth-order valence-corrected chi connectivity index (χ4v) is 3.12. The third-order valence-electron chi connectivity index (χ3n) is 4.51. The zero-order valence-electron chi connectivity index (χ0n) is 16.0. The molecule has 1 aliphatic heterocycles. The summed E-state index contributed by atoms with van der Waals surface area (Å²) in [4.78, 5) is 6.97. The normalized spacial score (nSPS) is 16.7. The summed E-state index contributed by atoms with van der Waals surface area (Å²) >= 11 is 0. The number of rotatable bonds is 7. The van der Waals surface area contributed by atoms with Crippen LogP contribution in [0.1, 0.15) is 43.4 Å². The van der Waals surface area contributed by atoms with Crippen LogP contribution in [0.5, 0.6) is 0 Å². The van der Waals surface area contributed by atoms with E-state index in [2.05, 4.69) is 51.7 Å². The second-order valence-electron chi connectivity index (χ2n) is 6.68. The molecule has 2 N–H and O–H groups in total. The van der Waals surface area contributed by atoms with Crippen LogP contribution in [0.4, 0.5) is 13.2 Å². The summed E-state index contributed by atoms with van der Waals surface area (Å²) in [5, 5.41) is 5.81. The molecule has 1 atom stereocenters. The van der Waals surface area contributed by atoms with Crippen molar-refractivity contribution in [1.29, 1.82) is 0 Å². The second kappa shape index (κ2) is 11.7. The van der Waals surface area contributed by atoms with Crippen LogP contribution in [-0.4, -0.2) is 49.8 Å². The monoisotopic (exact) mass is 498 g/mol. The smallest absolute Gasteiger partial charge is 0.357 e. The Kier molecular flexibility index (Phi) is 10.4. The molecule has 0 amide bonds. The van der Waals surface area contributed by atoms with Crippen molar-refractivity contribution < 1.29 is 13.2 Å². The quantitative estimate of drug-likeness (QED) is 0.336. The van der Waals surface area contributed by atoms with Crippen LogP contribution in [0.2, 0.25) is 0 Å². The maximum Gasteiger partial charge on any atom is 0.390 e. The van der Waals surface area contributed by atoms with Gasteiger partial charge >= 0.3 is 6.18 Å². The van der Waals surface area contributed by atoms with E-state index in [1.165, 1.54) is 24.0 Å². The Balaban J connectivity index is 0.00000364. The zero-order chi connectivity index (χ0) is 19.0. The van der Waals surface area contributed by atoms with Crippen molar-refractivity contribution in [2.45, 2.75) is 45.3 Å². The van der Waals surface area contributed by atoms with Crippen LogP contribution in [0.15, 0.2) is 29.3 Å². The number of hydrogen-bond acceptors (Lipinski definition) is 2. The van der Waals surface area contributed by atoms with Crippen LogP contribution in [0.3, 0.4) is 0 Å². The number of alkyl halides is 3. The molecule has 0 radical (unpaired) electrons. The van der Waals surface area contributed by atoms with E-state index < -0.39 is 12.6 Å². The standard InChI is InChI=1S/C19H29F3N4.HI/c1-3-23-18(24-11-10-19(20,21)22)25-14-17(26-12-4-5-13-26)16-8-6-15(2)7-9-16;/h6-9,17H,3-5,10-14H2,1-2H3,(H2,23,24,25);1H. The number of benzene rings is 1. The van der Waals surface area contributed by atoms with Crippen LogP contribution in [0.25, 0.3) is 0 Å². The predicted molar refractivity (Wildman–Crippen MR) is 115 cm³/mol. The van der Waals surface area contributed by atoms with Gasteiger partial charge in [-0.05, 0) is 45.3 Å². The topological polar surface area (TPSA) is 39.7 Å². The van der Waals surface area contributed by atoms with Gasteiger partial charge in [-0.1, -0.05) is 29.8 Å². The molecule has 2 rings (SSSR count). The van der Waals surface area contributed by atoms with Gasteiger partial charge in [-0.3, -0.25) is 9.89 Å². The summed E-state index contributed by atoms with van der Waals surface area (Å²) < 4.78 is 37.1. The van der Waals surface area contributed by atoms with Gasteiger partial charge in [-0.2, -0.15) is 13.2 Å². The molecule has 0 saturated carbocycles. The van der Waals surface area contributed by atoms with Gasteiger partial charge in [-0.25, -0.2) is 0 Å². The third kappa shape index (κ3) is 8.68. The average molecular weight is 498 g/mol. The maximum absolute atomic E-state index is 12.4. The lowest BCUT2D eigenvalue weighted by Crippen LogP contribution is -2.39. The van der Waals surface area contributed by atoms with Crippen molar-refractivity contribution in [2.24, 2.45) is 4.99 Å². The molecule has 1 heterocycles. The van der Waals surface area contributed by atoms with E-state index in [4.69, 9.17) is 0 Å². The molecule has 1 fully saturated rings. The largest absolute Gasteiger partial charge is 0.390 e. The second-order valence-corrected chi connectivity index (χ2v) is 6.68. The molecule has 0 bridgehead atoms. The number of halogens is 4. The molecule has 27 heavy (non-hydrogen) atoms. The minimum absolute atomic E-state index is 0. The number of likely N-dealkylation sites (tertiary alicyclic amines) is 1. The van der Waals surface area contributed by atoms with Gasteiger partial charge in [0, 0.05) is 13.1 Å². The molecule has 154 valence electrons. The molecule has 1 saturated heterocycles. The van der Waals surface area contributed by atoms with Crippen molar-refractivity contribution in [2.75, 3.05) is 32.7 Å². The molecule has 1 unspecified atom stereocenters. The molecule has 8 heteroatoms. The SMILES string of the molecule is CCNC(=NCC(c1ccc(C)cc1)N1CCCC1)NCCC(F)(F)F.I. The molecule has 1 aliphatic rings. The Morgan fingerprint density at radius 3 is 2.33 bits per heavy atom. The van der Waals surface area contributed by atoms with Crippen molar-refractivity contribution in [1.82, 2.24) is 15.5 Å². The predicted octanol–water partition coefficient (Wildman–Crippen LogP) is 4.26. The van der Waals surface area contributed by atoms with Gasteiger partial charge in [0.15, 0.2) is 5.96 Å². The van der Waals surface area contributed by atoms with Gasteiger partial charge in [0.1, 0.15) is 0 Å². The number of nitrogens with one attached hydrogen (secondary N) is 2. The number of hydrogen-bond donors (Lipinski definition) is 2. The highest BCUT2D eigenvalue weighted by Crippen LogP contribution is 2.25. The van der Waals surface area contributed by atoms with E-state index in [0.717, 1.165) is 13.1 Å². The molecular formula is C19H30F3IN4. The van der Waals surface area contributed by atoms with Crippen LogP contribution >= 0.6 is 24.0 Å². The Morgan fingerprint density at radius 2 is 1.78 bits per heavy atom. The first-order valence-corrected chi connectivity index (χ1v) is 9.28. The average Bonchev–Trinajstić information content (AvgIpc) is 3.09. The number of nitrogens with zero attached hydrogens (tertiary/aromatic N) is 2. The van der Waals surface area contributed by atoms with Crippen LogP contribution in [0, 0.1) is 6.92 Å². The fraction of sp³-hybridized carbons (Fsp3) is 0.632. The van der Waals surface area contributed by atoms with Crippen molar-refractivity contribution in [3.05, 3.63) is 35.4 Å². The Hall–Kier alpha value is -1.03. The maximum atomic E-state index is 12.4. The third-order valence-corrected chi connectivity index (χ3v) is 4.51. The first kappa shape index (κ1) is 24.0. The Morgan fingerprint density at radius 1 is 1.15 bits per heavy atom. The van der Waals surface area contributed by atoms with E-state index in [1.54, 1.807) is 0 Å². The molecule has 0 aromatic heterocycles. The molecule has 1 aromatic carbocycles. The first-order chi connectivity index (χ1) is 12.4. The molecule has 0 spiro atoms.